The summed E-state index contributed by atoms with van der Waals surface area (Å²) in [5.74, 6) is 0. The van der Waals surface area contributed by atoms with Crippen LogP contribution in [0.1, 0.15) is 19.4 Å². The van der Waals surface area contributed by atoms with Gasteiger partial charge in [-0.2, -0.15) is 0 Å². The van der Waals surface area contributed by atoms with Crippen molar-refractivity contribution in [1.82, 2.24) is 9.88 Å². The van der Waals surface area contributed by atoms with E-state index in [0.717, 1.165) is 0 Å². The Morgan fingerprint density at radius 3 is 2.42 bits per heavy atom. The maximum Gasteiger partial charge on any atom is 0.0413 e. The van der Waals surface area contributed by atoms with Crippen LogP contribution in [0.3, 0.4) is 0 Å². The molecule has 0 aromatic carbocycles. The summed E-state index contributed by atoms with van der Waals surface area (Å²) in [7, 11) is 4.15. The second-order valence-electron chi connectivity index (χ2n) is 3.70. The SMILES string of the molecule is CN(C)C(C)(C)c1cccnc1. The molecule has 0 aliphatic carbocycles. The first-order chi connectivity index (χ1) is 5.55. The molecule has 1 aromatic heterocycles. The van der Waals surface area contributed by atoms with Gasteiger partial charge in [0.25, 0.3) is 0 Å². The lowest BCUT2D eigenvalue weighted by Gasteiger charge is -2.32. The van der Waals surface area contributed by atoms with E-state index in [1.165, 1.54) is 5.56 Å². The van der Waals surface area contributed by atoms with E-state index in [-0.39, 0.29) is 5.54 Å². The van der Waals surface area contributed by atoms with Crippen molar-refractivity contribution in [3.8, 4) is 0 Å². The van der Waals surface area contributed by atoms with Gasteiger partial charge in [-0.15, -0.1) is 0 Å². The molecule has 0 N–H and O–H groups in total. The molecular weight excluding hydrogens is 148 g/mol. The van der Waals surface area contributed by atoms with Gasteiger partial charge in [-0.3, -0.25) is 4.98 Å². The lowest BCUT2D eigenvalue weighted by atomic mass is 9.95. The fourth-order valence-corrected chi connectivity index (χ4v) is 0.983. The third-order valence-electron chi connectivity index (χ3n) is 2.49. The first-order valence-corrected chi connectivity index (χ1v) is 4.13. The normalized spacial score (nSPS) is 12.1. The summed E-state index contributed by atoms with van der Waals surface area (Å²) in [6.07, 6.45) is 3.72. The van der Waals surface area contributed by atoms with Crippen LogP contribution in [0.5, 0.6) is 0 Å². The van der Waals surface area contributed by atoms with Gasteiger partial charge >= 0.3 is 0 Å². The molecule has 0 saturated carbocycles. The molecule has 1 rings (SSSR count). The van der Waals surface area contributed by atoms with E-state index in [9.17, 15) is 0 Å². The Balaban J connectivity index is 2.98. The van der Waals surface area contributed by atoms with Crippen molar-refractivity contribution < 1.29 is 0 Å². The van der Waals surface area contributed by atoms with Crippen molar-refractivity contribution >= 4 is 0 Å². The van der Waals surface area contributed by atoms with Crippen LogP contribution in [-0.4, -0.2) is 24.0 Å². The van der Waals surface area contributed by atoms with E-state index >= 15 is 0 Å². The molecule has 0 bridgehead atoms. The summed E-state index contributed by atoms with van der Waals surface area (Å²) in [6, 6.07) is 4.08. The smallest absolute Gasteiger partial charge is 0.0413 e. The van der Waals surface area contributed by atoms with Crippen molar-refractivity contribution in [3.63, 3.8) is 0 Å². The van der Waals surface area contributed by atoms with Crippen LogP contribution in [0, 0.1) is 0 Å². The first-order valence-electron chi connectivity index (χ1n) is 4.13. The number of pyridine rings is 1. The molecule has 1 heterocycles. The quantitative estimate of drug-likeness (QED) is 0.663. The van der Waals surface area contributed by atoms with Crippen LogP contribution >= 0.6 is 0 Å². The van der Waals surface area contributed by atoms with E-state index in [4.69, 9.17) is 0 Å². The average molecular weight is 164 g/mol. The van der Waals surface area contributed by atoms with Crippen LogP contribution in [0.15, 0.2) is 24.5 Å². The second kappa shape index (κ2) is 3.23. The summed E-state index contributed by atoms with van der Waals surface area (Å²) in [5, 5.41) is 0. The highest BCUT2D eigenvalue weighted by molar-refractivity contribution is 5.18. The molecular formula is C10H16N2. The molecule has 0 spiro atoms. The van der Waals surface area contributed by atoms with Gasteiger partial charge in [0.15, 0.2) is 0 Å². The van der Waals surface area contributed by atoms with E-state index in [1.54, 1.807) is 6.20 Å². The summed E-state index contributed by atoms with van der Waals surface area (Å²) in [6.45, 7) is 4.37. The summed E-state index contributed by atoms with van der Waals surface area (Å²) >= 11 is 0. The van der Waals surface area contributed by atoms with E-state index in [2.05, 4.69) is 43.9 Å². The Kier molecular flexibility index (Phi) is 2.48. The van der Waals surface area contributed by atoms with Crippen molar-refractivity contribution in [1.29, 1.82) is 0 Å². The van der Waals surface area contributed by atoms with Crippen molar-refractivity contribution in [2.45, 2.75) is 19.4 Å². The fraction of sp³-hybridized carbons (Fsp3) is 0.500. The van der Waals surface area contributed by atoms with Gasteiger partial charge in [0.1, 0.15) is 0 Å². The molecule has 0 aliphatic heterocycles. The minimum Gasteiger partial charge on any atom is -0.300 e. The number of nitrogens with zero attached hydrogens (tertiary/aromatic N) is 2. The fourth-order valence-electron chi connectivity index (χ4n) is 0.983. The molecule has 66 valence electrons. The average Bonchev–Trinajstić information content (AvgIpc) is 2.06. The number of aromatic nitrogens is 1. The molecule has 2 nitrogen and oxygen atoms in total. The van der Waals surface area contributed by atoms with Crippen LogP contribution in [0.2, 0.25) is 0 Å². The molecule has 0 atom stereocenters. The van der Waals surface area contributed by atoms with Gasteiger partial charge in [0.2, 0.25) is 0 Å². The Morgan fingerprint density at radius 1 is 1.33 bits per heavy atom. The first kappa shape index (κ1) is 9.20. The molecule has 0 amide bonds. The third kappa shape index (κ3) is 1.64. The predicted molar refractivity (Wildman–Crippen MR) is 51.0 cm³/mol. The molecule has 0 fully saturated rings. The standard InChI is InChI=1S/C10H16N2/c1-10(2,12(3)4)9-6-5-7-11-8-9/h5-8H,1-4H3. The molecule has 1 aromatic rings. The van der Waals surface area contributed by atoms with E-state index in [1.807, 2.05) is 12.3 Å². The topological polar surface area (TPSA) is 16.1 Å². The molecule has 0 aliphatic rings. The molecule has 2 heteroatoms. The molecule has 0 saturated heterocycles. The van der Waals surface area contributed by atoms with Crippen LogP contribution in [0.4, 0.5) is 0 Å². The number of rotatable bonds is 2. The zero-order chi connectivity index (χ0) is 9.19. The lowest BCUT2D eigenvalue weighted by Crippen LogP contribution is -2.35. The van der Waals surface area contributed by atoms with Crippen molar-refractivity contribution in [3.05, 3.63) is 30.1 Å². The van der Waals surface area contributed by atoms with Gasteiger partial charge in [-0.25, -0.2) is 0 Å². The van der Waals surface area contributed by atoms with Gasteiger partial charge in [-0.05, 0) is 39.6 Å². The summed E-state index contributed by atoms with van der Waals surface area (Å²) in [5.41, 5.74) is 1.31. The summed E-state index contributed by atoms with van der Waals surface area (Å²) in [4.78, 5) is 6.29. The number of hydrogen-bond donors (Lipinski definition) is 0. The summed E-state index contributed by atoms with van der Waals surface area (Å²) < 4.78 is 0. The maximum atomic E-state index is 4.11. The Morgan fingerprint density at radius 2 is 2.00 bits per heavy atom. The van der Waals surface area contributed by atoms with Gasteiger partial charge in [0.05, 0.1) is 0 Å². The minimum absolute atomic E-state index is 0.0637. The lowest BCUT2D eigenvalue weighted by molar-refractivity contribution is 0.197. The Labute approximate surface area is 74.2 Å². The monoisotopic (exact) mass is 164 g/mol. The highest BCUT2D eigenvalue weighted by Crippen LogP contribution is 2.23. The second-order valence-corrected chi connectivity index (χ2v) is 3.70. The Bertz CT molecular complexity index is 239. The minimum atomic E-state index is 0.0637. The van der Waals surface area contributed by atoms with E-state index < -0.39 is 0 Å². The third-order valence-corrected chi connectivity index (χ3v) is 2.49. The Hall–Kier alpha value is -0.890. The zero-order valence-corrected chi connectivity index (χ0v) is 8.20. The number of hydrogen-bond acceptors (Lipinski definition) is 2. The van der Waals surface area contributed by atoms with E-state index in [0.29, 0.717) is 0 Å². The highest BCUT2D eigenvalue weighted by atomic mass is 15.1. The van der Waals surface area contributed by atoms with Crippen molar-refractivity contribution in [2.75, 3.05) is 14.1 Å². The van der Waals surface area contributed by atoms with Gasteiger partial charge in [-0.1, -0.05) is 6.07 Å². The largest absolute Gasteiger partial charge is 0.300 e. The zero-order valence-electron chi connectivity index (χ0n) is 8.20. The maximum absolute atomic E-state index is 4.11. The van der Waals surface area contributed by atoms with Crippen LogP contribution < -0.4 is 0 Å². The van der Waals surface area contributed by atoms with Crippen LogP contribution in [0.25, 0.3) is 0 Å². The van der Waals surface area contributed by atoms with Crippen molar-refractivity contribution in [2.24, 2.45) is 0 Å². The van der Waals surface area contributed by atoms with Crippen LogP contribution in [-0.2, 0) is 5.54 Å². The van der Waals surface area contributed by atoms with Gasteiger partial charge < -0.3 is 4.90 Å². The predicted octanol–water partition coefficient (Wildman–Crippen LogP) is 1.88. The molecule has 0 unspecified atom stereocenters. The highest BCUT2D eigenvalue weighted by Gasteiger charge is 2.22. The molecule has 0 radical (unpaired) electrons. The van der Waals surface area contributed by atoms with Gasteiger partial charge in [0, 0.05) is 17.9 Å². The molecule has 12 heavy (non-hydrogen) atoms.